The van der Waals surface area contributed by atoms with Crippen LogP contribution in [0.4, 0.5) is 0 Å². The smallest absolute Gasteiger partial charge is 0.327 e. The molecule has 0 saturated carbocycles. The molecule has 0 aliphatic carbocycles. The number of aliphatic carboxylic acids is 1. The van der Waals surface area contributed by atoms with E-state index in [1.807, 2.05) is 31.2 Å². The quantitative estimate of drug-likeness (QED) is 0.254. The minimum Gasteiger partial charge on any atom is -0.493 e. The fourth-order valence-corrected chi connectivity index (χ4v) is 4.23. The van der Waals surface area contributed by atoms with E-state index in [1.54, 1.807) is 32.0 Å². The molecule has 0 amide bonds. The summed E-state index contributed by atoms with van der Waals surface area (Å²) in [6.07, 6.45) is 0.356. The number of ether oxygens (including phenoxy) is 2. The minimum absolute atomic E-state index is 0.0792. The van der Waals surface area contributed by atoms with Crippen molar-refractivity contribution in [3.63, 3.8) is 0 Å². The molecule has 0 aliphatic heterocycles. The van der Waals surface area contributed by atoms with Crippen molar-refractivity contribution < 1.29 is 28.6 Å². The summed E-state index contributed by atoms with van der Waals surface area (Å²) in [6, 6.07) is 18.3. The van der Waals surface area contributed by atoms with Gasteiger partial charge in [-0.05, 0) is 73.4 Å². The molecule has 0 saturated heterocycles. The van der Waals surface area contributed by atoms with Crippen molar-refractivity contribution in [2.75, 3.05) is 6.61 Å². The normalized spacial score (nSPS) is 12.0. The van der Waals surface area contributed by atoms with E-state index in [9.17, 15) is 9.59 Å². The molecule has 3 aromatic carbocycles. The summed E-state index contributed by atoms with van der Waals surface area (Å²) in [4.78, 5) is 28.2. The molecule has 8 heteroatoms. The van der Waals surface area contributed by atoms with Crippen LogP contribution in [-0.4, -0.2) is 34.7 Å². The largest absolute Gasteiger partial charge is 0.493 e. The average molecular weight is 517 g/mol. The first kappa shape index (κ1) is 26.9. The Kier molecular flexibility index (Phi) is 8.43. The average Bonchev–Trinajstić information content (AvgIpc) is 3.26. The SMILES string of the molecule is Cc1oc(-c2ccc3ccccc3c2)nc1CCOc1ccc(CCC(=O)O)c(C(N)C(=O)OC(C)C)c1. The van der Waals surface area contributed by atoms with E-state index in [-0.39, 0.29) is 18.9 Å². The van der Waals surface area contributed by atoms with E-state index in [0.717, 1.165) is 27.8 Å². The van der Waals surface area contributed by atoms with Crippen LogP contribution in [0, 0.1) is 6.92 Å². The van der Waals surface area contributed by atoms with Crippen LogP contribution >= 0.6 is 0 Å². The number of aryl methyl sites for hydroxylation is 2. The molecule has 8 nitrogen and oxygen atoms in total. The number of hydrogen-bond donors (Lipinski definition) is 2. The number of carbonyl (C=O) groups is 2. The van der Waals surface area contributed by atoms with Crippen LogP contribution in [-0.2, 0) is 27.2 Å². The van der Waals surface area contributed by atoms with Gasteiger partial charge in [0.2, 0.25) is 5.89 Å². The van der Waals surface area contributed by atoms with Gasteiger partial charge < -0.3 is 24.7 Å². The Bertz CT molecular complexity index is 1440. The van der Waals surface area contributed by atoms with Crippen molar-refractivity contribution in [1.82, 2.24) is 4.98 Å². The van der Waals surface area contributed by atoms with E-state index >= 15 is 0 Å². The highest BCUT2D eigenvalue weighted by Crippen LogP contribution is 2.27. The van der Waals surface area contributed by atoms with Gasteiger partial charge in [0.25, 0.3) is 0 Å². The van der Waals surface area contributed by atoms with Gasteiger partial charge in [0, 0.05) is 18.4 Å². The second kappa shape index (κ2) is 11.9. The van der Waals surface area contributed by atoms with Gasteiger partial charge in [-0.1, -0.05) is 36.4 Å². The van der Waals surface area contributed by atoms with Gasteiger partial charge >= 0.3 is 11.9 Å². The number of rotatable bonds is 11. The Morgan fingerprint density at radius 1 is 1.03 bits per heavy atom. The van der Waals surface area contributed by atoms with E-state index in [1.165, 1.54) is 0 Å². The number of oxazole rings is 1. The van der Waals surface area contributed by atoms with E-state index in [4.69, 9.17) is 24.7 Å². The first-order chi connectivity index (χ1) is 18.2. The lowest BCUT2D eigenvalue weighted by molar-refractivity contribution is -0.149. The molecule has 1 unspecified atom stereocenters. The fraction of sp³-hybridized carbons (Fsp3) is 0.300. The number of nitrogens with two attached hydrogens (primary N) is 1. The summed E-state index contributed by atoms with van der Waals surface area (Å²) in [7, 11) is 0. The molecule has 0 spiro atoms. The summed E-state index contributed by atoms with van der Waals surface area (Å²) < 4.78 is 17.2. The summed E-state index contributed by atoms with van der Waals surface area (Å²) in [6.45, 7) is 5.69. The van der Waals surface area contributed by atoms with Gasteiger partial charge in [-0.25, -0.2) is 9.78 Å². The molecule has 0 aliphatic rings. The molecular weight excluding hydrogens is 484 g/mol. The molecule has 3 N–H and O–H groups in total. The third-order valence-electron chi connectivity index (χ3n) is 6.16. The Morgan fingerprint density at radius 2 is 1.79 bits per heavy atom. The molecule has 1 atom stereocenters. The van der Waals surface area contributed by atoms with Crippen molar-refractivity contribution in [2.24, 2.45) is 5.73 Å². The van der Waals surface area contributed by atoms with Gasteiger partial charge in [0.1, 0.15) is 17.6 Å². The summed E-state index contributed by atoms with van der Waals surface area (Å²) in [5.41, 5.74) is 9.05. The van der Waals surface area contributed by atoms with Crippen molar-refractivity contribution >= 4 is 22.7 Å². The number of hydrogen-bond acceptors (Lipinski definition) is 7. The highest BCUT2D eigenvalue weighted by molar-refractivity contribution is 5.86. The summed E-state index contributed by atoms with van der Waals surface area (Å²) >= 11 is 0. The zero-order valence-electron chi connectivity index (χ0n) is 21.8. The van der Waals surface area contributed by atoms with Crippen LogP contribution < -0.4 is 10.5 Å². The number of nitrogens with zero attached hydrogens (tertiary/aromatic N) is 1. The van der Waals surface area contributed by atoms with Crippen LogP contribution in [0.1, 0.15) is 48.9 Å². The van der Waals surface area contributed by atoms with Crippen LogP contribution in [0.3, 0.4) is 0 Å². The van der Waals surface area contributed by atoms with Crippen molar-refractivity contribution in [2.45, 2.75) is 52.2 Å². The number of carboxylic acids is 1. The number of fused-ring (bicyclic) bond motifs is 1. The van der Waals surface area contributed by atoms with Crippen molar-refractivity contribution in [3.05, 3.63) is 83.2 Å². The molecule has 1 aromatic heterocycles. The first-order valence-corrected chi connectivity index (χ1v) is 12.6. The molecule has 0 fully saturated rings. The van der Waals surface area contributed by atoms with Gasteiger partial charge in [-0.3, -0.25) is 4.79 Å². The lowest BCUT2D eigenvalue weighted by Crippen LogP contribution is -2.27. The Morgan fingerprint density at radius 3 is 2.53 bits per heavy atom. The molecule has 0 radical (unpaired) electrons. The third kappa shape index (κ3) is 6.58. The maximum Gasteiger partial charge on any atom is 0.327 e. The van der Waals surface area contributed by atoms with Crippen LogP contribution in [0.2, 0.25) is 0 Å². The zero-order chi connectivity index (χ0) is 27.2. The summed E-state index contributed by atoms with van der Waals surface area (Å²) in [5, 5.41) is 11.4. The topological polar surface area (TPSA) is 125 Å². The lowest BCUT2D eigenvalue weighted by Gasteiger charge is -2.18. The van der Waals surface area contributed by atoms with Gasteiger partial charge in [0.05, 0.1) is 18.4 Å². The number of carboxylic acid groups (broad SMARTS) is 1. The number of carbonyl (C=O) groups excluding carboxylic acids is 1. The molecule has 0 bridgehead atoms. The molecular formula is C30H32N2O6. The third-order valence-corrected chi connectivity index (χ3v) is 6.16. The maximum absolute atomic E-state index is 12.5. The Hall–Kier alpha value is -4.17. The van der Waals surface area contributed by atoms with E-state index in [0.29, 0.717) is 35.8 Å². The lowest BCUT2D eigenvalue weighted by atomic mass is 9.97. The van der Waals surface area contributed by atoms with E-state index < -0.39 is 18.0 Å². The second-order valence-corrected chi connectivity index (χ2v) is 9.40. The fourth-order valence-electron chi connectivity index (χ4n) is 4.23. The van der Waals surface area contributed by atoms with Gasteiger partial charge in [-0.15, -0.1) is 0 Å². The number of esters is 1. The maximum atomic E-state index is 12.5. The van der Waals surface area contributed by atoms with Gasteiger partial charge in [-0.2, -0.15) is 0 Å². The monoisotopic (exact) mass is 516 g/mol. The van der Waals surface area contributed by atoms with E-state index in [2.05, 4.69) is 23.2 Å². The van der Waals surface area contributed by atoms with Crippen molar-refractivity contribution in [3.8, 4) is 17.2 Å². The molecule has 1 heterocycles. The van der Waals surface area contributed by atoms with Crippen LogP contribution in [0.15, 0.2) is 65.1 Å². The zero-order valence-corrected chi connectivity index (χ0v) is 21.8. The highest BCUT2D eigenvalue weighted by Gasteiger charge is 2.23. The summed E-state index contributed by atoms with van der Waals surface area (Å²) in [5.74, 6) is 0.291. The predicted octanol–water partition coefficient (Wildman–Crippen LogP) is 5.39. The van der Waals surface area contributed by atoms with Crippen LogP contribution in [0.25, 0.3) is 22.2 Å². The number of aromatic nitrogens is 1. The number of benzene rings is 3. The molecule has 38 heavy (non-hydrogen) atoms. The molecule has 198 valence electrons. The standard InChI is InChI=1S/C30H32N2O6/c1-18(2)37-30(35)28(31)25-17-24(12-10-21(25)11-13-27(33)34)36-15-14-26-19(3)38-29(32-26)23-9-8-20-6-4-5-7-22(20)16-23/h4-10,12,16-18,28H,11,13-15,31H2,1-3H3,(H,33,34). The predicted molar refractivity (Wildman–Crippen MR) is 144 cm³/mol. The molecule has 4 rings (SSSR count). The van der Waals surface area contributed by atoms with Crippen LogP contribution in [0.5, 0.6) is 5.75 Å². The Labute approximate surface area is 221 Å². The first-order valence-electron chi connectivity index (χ1n) is 12.6. The highest BCUT2D eigenvalue weighted by atomic mass is 16.5. The van der Waals surface area contributed by atoms with Crippen molar-refractivity contribution in [1.29, 1.82) is 0 Å². The Balaban J connectivity index is 1.46. The molecule has 4 aromatic rings. The van der Waals surface area contributed by atoms with Gasteiger partial charge in [0.15, 0.2) is 0 Å². The second-order valence-electron chi connectivity index (χ2n) is 9.40. The minimum atomic E-state index is -1.05.